The van der Waals surface area contributed by atoms with E-state index in [-0.39, 0.29) is 25.2 Å². The van der Waals surface area contributed by atoms with Crippen molar-refractivity contribution in [2.24, 2.45) is 5.92 Å². The monoisotopic (exact) mass is 383 g/mol. The largest absolute Gasteiger partial charge is 0.445 e. The Hall–Kier alpha value is -3.06. The lowest BCUT2D eigenvalue weighted by atomic mass is 10.0. The summed E-state index contributed by atoms with van der Waals surface area (Å²) in [4.78, 5) is 23.9. The van der Waals surface area contributed by atoms with Crippen molar-refractivity contribution >= 4 is 12.2 Å². The van der Waals surface area contributed by atoms with E-state index in [1.54, 1.807) is 0 Å². The molecule has 1 fully saturated rings. The molecule has 2 aromatic rings. The number of carbonyl (C=O) groups is 2. The zero-order chi connectivity index (χ0) is 19.6. The van der Waals surface area contributed by atoms with E-state index in [9.17, 15) is 9.59 Å². The lowest BCUT2D eigenvalue weighted by Gasteiger charge is -2.20. The molecule has 3 N–H and O–H groups in total. The maximum absolute atomic E-state index is 12.0. The number of hydrogen-bond donors (Lipinski definition) is 3. The molecule has 0 aromatic heterocycles. The molecular weight excluding hydrogens is 358 g/mol. The normalized spacial score (nSPS) is 18.3. The molecule has 148 valence electrons. The van der Waals surface area contributed by atoms with Crippen LogP contribution in [0.25, 0.3) is 0 Å². The van der Waals surface area contributed by atoms with Gasteiger partial charge in [-0.2, -0.15) is 0 Å². The summed E-state index contributed by atoms with van der Waals surface area (Å²) in [7, 11) is 0. The number of carbonyl (C=O) groups excluding carboxylic acids is 2. The molecule has 2 amide bonds. The van der Waals surface area contributed by atoms with E-state index < -0.39 is 12.2 Å². The third kappa shape index (κ3) is 6.28. The first kappa shape index (κ1) is 19.7. The second-order valence-electron chi connectivity index (χ2n) is 6.67. The summed E-state index contributed by atoms with van der Waals surface area (Å²) in [5.74, 6) is 0.0635. The molecule has 7 nitrogen and oxygen atoms in total. The lowest BCUT2D eigenvalue weighted by molar-refractivity contribution is 0.132. The van der Waals surface area contributed by atoms with Crippen molar-refractivity contribution in [2.45, 2.75) is 19.3 Å². The van der Waals surface area contributed by atoms with Gasteiger partial charge in [-0.1, -0.05) is 60.7 Å². The second kappa shape index (κ2) is 10.3. The maximum atomic E-state index is 12.0. The van der Waals surface area contributed by atoms with Crippen LogP contribution in [-0.4, -0.2) is 37.9 Å². The van der Waals surface area contributed by atoms with Crippen LogP contribution in [0.3, 0.4) is 0 Å². The van der Waals surface area contributed by atoms with Gasteiger partial charge in [-0.25, -0.2) is 9.59 Å². The minimum atomic E-state index is -0.471. The summed E-state index contributed by atoms with van der Waals surface area (Å²) in [6.07, 6.45) is -0.935. The van der Waals surface area contributed by atoms with Gasteiger partial charge in [0.1, 0.15) is 13.2 Å². The van der Waals surface area contributed by atoms with Crippen LogP contribution in [0.1, 0.15) is 11.1 Å². The van der Waals surface area contributed by atoms with Crippen LogP contribution in [0.15, 0.2) is 60.7 Å². The van der Waals surface area contributed by atoms with Crippen molar-refractivity contribution < 1.29 is 19.1 Å². The van der Waals surface area contributed by atoms with Crippen LogP contribution >= 0.6 is 0 Å². The van der Waals surface area contributed by atoms with E-state index in [0.29, 0.717) is 19.6 Å². The van der Waals surface area contributed by atoms with E-state index in [1.807, 2.05) is 60.7 Å². The van der Waals surface area contributed by atoms with Crippen molar-refractivity contribution in [1.82, 2.24) is 16.0 Å². The smallest absolute Gasteiger partial charge is 0.407 e. The molecule has 0 unspecified atom stereocenters. The summed E-state index contributed by atoms with van der Waals surface area (Å²) in [5, 5.41) is 8.85. The van der Waals surface area contributed by atoms with E-state index in [0.717, 1.165) is 11.1 Å². The first-order chi connectivity index (χ1) is 13.7. The van der Waals surface area contributed by atoms with Crippen molar-refractivity contribution in [2.75, 3.05) is 19.6 Å². The fraction of sp³-hybridized carbons (Fsp3) is 0.333. The molecule has 0 aliphatic carbocycles. The minimum absolute atomic E-state index is 0.0635. The van der Waals surface area contributed by atoms with Gasteiger partial charge in [0.15, 0.2) is 0 Å². The molecule has 0 spiro atoms. The molecule has 1 saturated heterocycles. The van der Waals surface area contributed by atoms with E-state index in [2.05, 4.69) is 16.0 Å². The molecule has 0 saturated carbocycles. The SMILES string of the molecule is O=C(NC[C@@H]1CNC[C@@H]1NC(=O)OCc1ccccc1)OCc1ccccc1. The molecular formula is C21H25N3O4. The zero-order valence-electron chi connectivity index (χ0n) is 15.6. The van der Waals surface area contributed by atoms with Gasteiger partial charge in [0, 0.05) is 25.6 Å². The molecule has 2 aromatic carbocycles. The summed E-state index contributed by atoms with van der Waals surface area (Å²) < 4.78 is 10.5. The fourth-order valence-corrected chi connectivity index (χ4v) is 3.02. The molecule has 1 aliphatic heterocycles. The van der Waals surface area contributed by atoms with Crippen LogP contribution in [0, 0.1) is 5.92 Å². The average Bonchev–Trinajstić information content (AvgIpc) is 3.17. The maximum Gasteiger partial charge on any atom is 0.407 e. The highest BCUT2D eigenvalue weighted by Crippen LogP contribution is 2.09. The average molecular weight is 383 g/mol. The highest BCUT2D eigenvalue weighted by molar-refractivity contribution is 5.68. The van der Waals surface area contributed by atoms with E-state index >= 15 is 0 Å². The van der Waals surface area contributed by atoms with Crippen molar-refractivity contribution in [3.05, 3.63) is 71.8 Å². The fourth-order valence-electron chi connectivity index (χ4n) is 3.02. The molecule has 1 heterocycles. The summed E-state index contributed by atoms with van der Waals surface area (Å²) in [6.45, 7) is 2.18. The zero-order valence-corrected chi connectivity index (χ0v) is 15.6. The number of amides is 2. The third-order valence-electron chi connectivity index (χ3n) is 4.58. The third-order valence-corrected chi connectivity index (χ3v) is 4.58. The van der Waals surface area contributed by atoms with Gasteiger partial charge >= 0.3 is 12.2 Å². The van der Waals surface area contributed by atoms with Gasteiger partial charge in [-0.3, -0.25) is 0 Å². The van der Waals surface area contributed by atoms with Gasteiger partial charge in [0.25, 0.3) is 0 Å². The Labute approximate surface area is 164 Å². The van der Waals surface area contributed by atoms with E-state index in [4.69, 9.17) is 9.47 Å². The van der Waals surface area contributed by atoms with E-state index in [1.165, 1.54) is 0 Å². The van der Waals surface area contributed by atoms with Crippen molar-refractivity contribution in [1.29, 1.82) is 0 Å². The number of rotatable bonds is 7. The predicted molar refractivity (Wildman–Crippen MR) is 105 cm³/mol. The summed E-state index contributed by atoms with van der Waals surface area (Å²) in [5.41, 5.74) is 1.86. The van der Waals surface area contributed by atoms with Crippen LogP contribution in [-0.2, 0) is 22.7 Å². The number of benzene rings is 2. The molecule has 0 radical (unpaired) electrons. The van der Waals surface area contributed by atoms with Crippen LogP contribution in [0.2, 0.25) is 0 Å². The Balaban J connectivity index is 1.36. The van der Waals surface area contributed by atoms with Gasteiger partial charge in [0.05, 0.1) is 6.04 Å². The Morgan fingerprint density at radius 2 is 1.43 bits per heavy atom. The van der Waals surface area contributed by atoms with Gasteiger partial charge < -0.3 is 25.4 Å². The first-order valence-electron chi connectivity index (χ1n) is 9.33. The Morgan fingerprint density at radius 1 is 0.857 bits per heavy atom. The number of hydrogen-bond acceptors (Lipinski definition) is 5. The van der Waals surface area contributed by atoms with Crippen molar-refractivity contribution in [3.63, 3.8) is 0 Å². The Kier molecular flexibility index (Phi) is 7.26. The van der Waals surface area contributed by atoms with Crippen LogP contribution in [0.4, 0.5) is 9.59 Å². The summed E-state index contributed by atoms with van der Waals surface area (Å²) >= 11 is 0. The highest BCUT2D eigenvalue weighted by Gasteiger charge is 2.29. The van der Waals surface area contributed by atoms with Crippen LogP contribution < -0.4 is 16.0 Å². The second-order valence-corrected chi connectivity index (χ2v) is 6.67. The molecule has 28 heavy (non-hydrogen) atoms. The highest BCUT2D eigenvalue weighted by atomic mass is 16.6. The van der Waals surface area contributed by atoms with Crippen molar-refractivity contribution in [3.8, 4) is 0 Å². The minimum Gasteiger partial charge on any atom is -0.445 e. The Bertz CT molecular complexity index is 755. The molecule has 0 bridgehead atoms. The van der Waals surface area contributed by atoms with Gasteiger partial charge in [-0.15, -0.1) is 0 Å². The number of ether oxygens (including phenoxy) is 2. The van der Waals surface area contributed by atoms with Gasteiger partial charge in [0.2, 0.25) is 0 Å². The quantitative estimate of drug-likeness (QED) is 0.683. The number of alkyl carbamates (subject to hydrolysis) is 2. The van der Waals surface area contributed by atoms with Crippen LogP contribution in [0.5, 0.6) is 0 Å². The Morgan fingerprint density at radius 3 is 2.04 bits per heavy atom. The molecule has 7 heteroatoms. The standard InChI is InChI=1S/C21H25N3O4/c25-20(27-14-16-7-3-1-4-8-16)23-12-18-11-22-13-19(18)24-21(26)28-15-17-9-5-2-6-10-17/h1-10,18-19,22H,11-15H2,(H,23,25)(H,24,26)/t18-,19-/m0/s1. The topological polar surface area (TPSA) is 88.7 Å². The molecule has 1 aliphatic rings. The number of nitrogens with one attached hydrogen (secondary N) is 3. The summed E-state index contributed by atoms with van der Waals surface area (Å²) in [6, 6.07) is 18.9. The van der Waals surface area contributed by atoms with Gasteiger partial charge in [-0.05, 0) is 11.1 Å². The lowest BCUT2D eigenvalue weighted by Crippen LogP contribution is -2.44. The molecule has 2 atom stereocenters. The predicted octanol–water partition coefficient (Wildman–Crippen LogP) is 2.43. The first-order valence-corrected chi connectivity index (χ1v) is 9.33. The molecule has 3 rings (SSSR count).